The standard InChI is InChI=1S/C14H12F6N2O2/c1-2-24-12-9(21-6-13(15,16)17)4-3-8-11(12)7(14(18,19)20)5-10(23)22-8/h3-5,21H,2,6H2,1H3,(H,22,23). The molecule has 0 bridgehead atoms. The molecule has 4 nitrogen and oxygen atoms in total. The van der Waals surface area contributed by atoms with Gasteiger partial charge in [0.1, 0.15) is 6.54 Å². The predicted octanol–water partition coefficient (Wildman–Crippen LogP) is 3.92. The van der Waals surface area contributed by atoms with Crippen molar-refractivity contribution in [2.75, 3.05) is 18.5 Å². The number of anilines is 1. The molecule has 1 aromatic carbocycles. The van der Waals surface area contributed by atoms with Gasteiger partial charge in [0.05, 0.1) is 28.8 Å². The van der Waals surface area contributed by atoms with Crippen LogP contribution in [0.25, 0.3) is 10.9 Å². The second kappa shape index (κ2) is 6.25. The van der Waals surface area contributed by atoms with Gasteiger partial charge in [-0.05, 0) is 19.1 Å². The van der Waals surface area contributed by atoms with Gasteiger partial charge in [0.25, 0.3) is 0 Å². The smallest absolute Gasteiger partial charge is 0.417 e. The van der Waals surface area contributed by atoms with Crippen molar-refractivity contribution in [2.24, 2.45) is 0 Å². The first-order valence-electron chi connectivity index (χ1n) is 6.73. The molecule has 24 heavy (non-hydrogen) atoms. The largest absolute Gasteiger partial charge is 0.491 e. The summed E-state index contributed by atoms with van der Waals surface area (Å²) in [6, 6.07) is 2.56. The average Bonchev–Trinajstić information content (AvgIpc) is 2.43. The molecular formula is C14H12F6N2O2. The second-order valence-electron chi connectivity index (χ2n) is 4.81. The topological polar surface area (TPSA) is 54.1 Å². The molecule has 0 atom stereocenters. The molecule has 2 aromatic rings. The number of pyridine rings is 1. The van der Waals surface area contributed by atoms with Gasteiger partial charge in [-0.25, -0.2) is 0 Å². The minimum Gasteiger partial charge on any atom is -0.491 e. The molecule has 0 radical (unpaired) electrons. The predicted molar refractivity (Wildman–Crippen MR) is 75.3 cm³/mol. The third-order valence-corrected chi connectivity index (χ3v) is 3.03. The third-order valence-electron chi connectivity index (χ3n) is 3.03. The van der Waals surface area contributed by atoms with Crippen molar-refractivity contribution < 1.29 is 31.1 Å². The minimum atomic E-state index is -4.87. The molecule has 0 amide bonds. The lowest BCUT2D eigenvalue weighted by Gasteiger charge is -2.18. The maximum atomic E-state index is 13.2. The number of hydrogen-bond acceptors (Lipinski definition) is 3. The number of hydrogen-bond donors (Lipinski definition) is 2. The molecule has 1 aromatic heterocycles. The van der Waals surface area contributed by atoms with Gasteiger partial charge in [-0.1, -0.05) is 0 Å². The van der Waals surface area contributed by atoms with Crippen LogP contribution in [0.2, 0.25) is 0 Å². The Morgan fingerprint density at radius 1 is 1.17 bits per heavy atom. The normalized spacial score (nSPS) is 12.5. The van der Waals surface area contributed by atoms with E-state index in [1.54, 1.807) is 0 Å². The highest BCUT2D eigenvalue weighted by Gasteiger charge is 2.35. The third kappa shape index (κ3) is 3.92. The van der Waals surface area contributed by atoms with E-state index in [1.807, 2.05) is 5.32 Å². The Morgan fingerprint density at radius 2 is 1.83 bits per heavy atom. The molecule has 10 heteroatoms. The molecule has 1 heterocycles. The Labute approximate surface area is 131 Å². The van der Waals surface area contributed by atoms with Crippen molar-refractivity contribution in [2.45, 2.75) is 19.3 Å². The van der Waals surface area contributed by atoms with Crippen LogP contribution in [0.1, 0.15) is 12.5 Å². The molecule has 0 aliphatic heterocycles. The van der Waals surface area contributed by atoms with E-state index in [-0.39, 0.29) is 17.8 Å². The van der Waals surface area contributed by atoms with E-state index in [0.717, 1.165) is 12.1 Å². The van der Waals surface area contributed by atoms with Gasteiger partial charge < -0.3 is 15.0 Å². The van der Waals surface area contributed by atoms with E-state index in [1.165, 1.54) is 6.92 Å². The van der Waals surface area contributed by atoms with E-state index in [9.17, 15) is 31.1 Å². The summed E-state index contributed by atoms with van der Waals surface area (Å²) in [6.07, 6.45) is -9.43. The molecule has 0 fully saturated rings. The van der Waals surface area contributed by atoms with Crippen molar-refractivity contribution in [3.05, 3.63) is 34.1 Å². The van der Waals surface area contributed by atoms with Crippen molar-refractivity contribution in [3.63, 3.8) is 0 Å². The average molecular weight is 354 g/mol. The van der Waals surface area contributed by atoms with Gasteiger partial charge in [0.15, 0.2) is 5.75 Å². The number of aromatic nitrogens is 1. The number of alkyl halides is 6. The minimum absolute atomic E-state index is 0.0732. The van der Waals surface area contributed by atoms with Crippen LogP contribution in [0.3, 0.4) is 0 Å². The van der Waals surface area contributed by atoms with Gasteiger partial charge in [0.2, 0.25) is 5.56 Å². The number of benzene rings is 1. The molecular weight excluding hydrogens is 342 g/mol. The molecule has 0 saturated carbocycles. The fraction of sp³-hybridized carbons (Fsp3) is 0.357. The quantitative estimate of drug-likeness (QED) is 0.819. The molecule has 0 aliphatic rings. The summed E-state index contributed by atoms with van der Waals surface area (Å²) in [5.74, 6) is -0.400. The van der Waals surface area contributed by atoms with E-state index >= 15 is 0 Å². The van der Waals surface area contributed by atoms with Gasteiger partial charge in [-0.2, -0.15) is 26.3 Å². The van der Waals surface area contributed by atoms with Gasteiger partial charge in [-0.3, -0.25) is 4.79 Å². The highest BCUT2D eigenvalue weighted by Crippen LogP contribution is 2.41. The summed E-state index contributed by atoms with van der Waals surface area (Å²) >= 11 is 0. The zero-order valence-electron chi connectivity index (χ0n) is 12.2. The highest BCUT2D eigenvalue weighted by molar-refractivity contribution is 5.94. The van der Waals surface area contributed by atoms with Gasteiger partial charge >= 0.3 is 12.4 Å². The van der Waals surface area contributed by atoms with Gasteiger partial charge in [0, 0.05) is 6.07 Å². The second-order valence-corrected chi connectivity index (χ2v) is 4.81. The van der Waals surface area contributed by atoms with E-state index in [4.69, 9.17) is 4.74 Å². The van der Waals surface area contributed by atoms with Crippen LogP contribution in [0.5, 0.6) is 5.75 Å². The Kier molecular flexibility index (Phi) is 4.68. The van der Waals surface area contributed by atoms with Crippen LogP contribution < -0.4 is 15.6 Å². The molecule has 132 valence electrons. The van der Waals surface area contributed by atoms with Crippen LogP contribution in [0.4, 0.5) is 32.0 Å². The van der Waals surface area contributed by atoms with E-state index < -0.39 is 41.2 Å². The summed E-state index contributed by atoms with van der Waals surface area (Å²) in [7, 11) is 0. The SMILES string of the molecule is CCOc1c(NCC(F)(F)F)ccc2[nH]c(=O)cc(C(F)(F)F)c12. The first kappa shape index (κ1) is 18.0. The first-order chi connectivity index (χ1) is 11.0. The number of fused-ring (bicyclic) bond motifs is 1. The summed E-state index contributed by atoms with van der Waals surface area (Å²) in [5, 5.41) is 1.51. The maximum Gasteiger partial charge on any atom is 0.417 e. The zero-order chi connectivity index (χ0) is 18.1. The Balaban J connectivity index is 2.72. The lowest BCUT2D eigenvalue weighted by atomic mass is 10.1. The monoisotopic (exact) mass is 354 g/mol. The Hall–Kier alpha value is -2.39. The van der Waals surface area contributed by atoms with Crippen molar-refractivity contribution in [1.29, 1.82) is 0 Å². The lowest BCUT2D eigenvalue weighted by molar-refractivity contribution is -0.136. The summed E-state index contributed by atoms with van der Waals surface area (Å²) in [5.41, 5.74) is -2.69. The maximum absolute atomic E-state index is 13.2. The molecule has 2 rings (SSSR count). The first-order valence-corrected chi connectivity index (χ1v) is 6.73. The van der Waals surface area contributed by atoms with Crippen molar-refractivity contribution in [3.8, 4) is 5.75 Å². The number of halogens is 6. The highest BCUT2D eigenvalue weighted by atomic mass is 19.4. The van der Waals surface area contributed by atoms with Crippen molar-refractivity contribution in [1.82, 2.24) is 4.98 Å². The van der Waals surface area contributed by atoms with Crippen LogP contribution >= 0.6 is 0 Å². The van der Waals surface area contributed by atoms with Crippen LogP contribution in [-0.2, 0) is 6.18 Å². The van der Waals surface area contributed by atoms with E-state index in [0.29, 0.717) is 6.07 Å². The van der Waals surface area contributed by atoms with Crippen LogP contribution in [0.15, 0.2) is 23.0 Å². The fourth-order valence-electron chi connectivity index (χ4n) is 2.18. The lowest BCUT2D eigenvalue weighted by Crippen LogP contribution is -2.22. The number of rotatable bonds is 4. The number of nitrogens with one attached hydrogen (secondary N) is 2. The van der Waals surface area contributed by atoms with E-state index in [2.05, 4.69) is 4.98 Å². The number of aromatic amines is 1. The number of H-pyrrole nitrogens is 1. The number of ether oxygens (including phenoxy) is 1. The Morgan fingerprint density at radius 3 is 2.38 bits per heavy atom. The summed E-state index contributed by atoms with van der Waals surface area (Å²) in [6.45, 7) is -0.0369. The fourth-order valence-corrected chi connectivity index (χ4v) is 2.18. The molecule has 0 spiro atoms. The zero-order valence-corrected chi connectivity index (χ0v) is 12.2. The Bertz CT molecular complexity index is 795. The molecule has 0 aliphatic carbocycles. The van der Waals surface area contributed by atoms with Crippen LogP contribution in [0, 0.1) is 0 Å². The van der Waals surface area contributed by atoms with Crippen LogP contribution in [-0.4, -0.2) is 24.3 Å². The van der Waals surface area contributed by atoms with Gasteiger partial charge in [-0.15, -0.1) is 0 Å². The summed E-state index contributed by atoms with van der Waals surface area (Å²) in [4.78, 5) is 13.6. The summed E-state index contributed by atoms with van der Waals surface area (Å²) < 4.78 is 81.9. The molecule has 0 saturated heterocycles. The van der Waals surface area contributed by atoms with Crippen molar-refractivity contribution >= 4 is 16.6 Å². The molecule has 0 unspecified atom stereocenters. The molecule has 2 N–H and O–H groups in total.